The molecular formula is C27H33ClF2N6O4. The van der Waals surface area contributed by atoms with Gasteiger partial charge in [-0.3, -0.25) is 9.80 Å². The number of halogens is 3. The molecule has 10 nitrogen and oxygen atoms in total. The Balaban J connectivity index is 1.26. The average molecular weight is 579 g/mol. The topological polar surface area (TPSA) is 93.1 Å². The van der Waals surface area contributed by atoms with Crippen molar-refractivity contribution in [2.75, 3.05) is 37.7 Å². The first-order chi connectivity index (χ1) is 19.0. The minimum Gasteiger partial charge on any atom is -0.475 e. The van der Waals surface area contributed by atoms with E-state index in [1.54, 1.807) is 0 Å². The van der Waals surface area contributed by atoms with E-state index >= 15 is 4.39 Å². The lowest BCUT2D eigenvalue weighted by Gasteiger charge is -2.46. The van der Waals surface area contributed by atoms with Gasteiger partial charge in [0.25, 0.3) is 0 Å². The monoisotopic (exact) mass is 578 g/mol. The number of ether oxygens (including phenoxy) is 3. The maximum atomic E-state index is 15.4. The van der Waals surface area contributed by atoms with Crippen molar-refractivity contribution in [2.45, 2.75) is 88.3 Å². The number of fused-ring (bicyclic) bond motifs is 6. The lowest BCUT2D eigenvalue weighted by atomic mass is 9.95. The summed E-state index contributed by atoms with van der Waals surface area (Å²) in [6, 6.07) is -0.577. The zero-order valence-corrected chi connectivity index (χ0v) is 23.6. The molecule has 2 aromatic heterocycles. The predicted octanol–water partition coefficient (Wildman–Crippen LogP) is 4.12. The standard InChI is InChI=1S/C27H33ClF2N6O4/c1-26(2,3)40-25(37)36-15-5-6-16(36)17-12-38-23-18-20(19(30)21(28)32-23)31-24(33-22(18)35(17)11-15)39-13-27-7-4-8-34(27)10-14(29)9-27/h14-17H,4-13H2,1-3H3/t14-,15-,16+,17+,27+/m1/s1. The number of nitrogens with zero attached hydrogens (tertiary/aromatic N) is 6. The molecule has 216 valence electrons. The van der Waals surface area contributed by atoms with E-state index in [4.69, 9.17) is 30.8 Å². The summed E-state index contributed by atoms with van der Waals surface area (Å²) < 4.78 is 47.7. The van der Waals surface area contributed by atoms with E-state index in [1.807, 2.05) is 25.7 Å². The van der Waals surface area contributed by atoms with E-state index in [9.17, 15) is 9.18 Å². The first-order valence-electron chi connectivity index (χ1n) is 14.0. The summed E-state index contributed by atoms with van der Waals surface area (Å²) in [7, 11) is 0. The maximum Gasteiger partial charge on any atom is 0.410 e. The van der Waals surface area contributed by atoms with Crippen LogP contribution in [0.5, 0.6) is 11.9 Å². The Morgan fingerprint density at radius 1 is 1.20 bits per heavy atom. The fraction of sp³-hybridized carbons (Fsp3) is 0.704. The van der Waals surface area contributed by atoms with Crippen LogP contribution in [-0.2, 0) is 4.74 Å². The number of hydrogen-bond acceptors (Lipinski definition) is 9. The summed E-state index contributed by atoms with van der Waals surface area (Å²) in [6.07, 6.45) is 2.52. The Kier molecular flexibility index (Phi) is 5.98. The molecule has 7 rings (SSSR count). The Morgan fingerprint density at radius 2 is 2.02 bits per heavy atom. The Hall–Kier alpha value is -2.73. The minimum absolute atomic E-state index is 0.000665. The van der Waals surface area contributed by atoms with Crippen molar-refractivity contribution in [1.82, 2.24) is 24.8 Å². The molecule has 5 aliphatic heterocycles. The molecule has 0 N–H and O–H groups in total. The number of anilines is 1. The largest absolute Gasteiger partial charge is 0.475 e. The van der Waals surface area contributed by atoms with E-state index in [0.29, 0.717) is 30.7 Å². The molecule has 5 aliphatic rings. The highest BCUT2D eigenvalue weighted by atomic mass is 35.5. The van der Waals surface area contributed by atoms with Crippen LogP contribution in [0.15, 0.2) is 0 Å². The zero-order chi connectivity index (χ0) is 28.0. The van der Waals surface area contributed by atoms with Crippen LogP contribution in [0, 0.1) is 5.82 Å². The first kappa shape index (κ1) is 26.2. The molecule has 7 heterocycles. The SMILES string of the molecule is CC(C)(C)OC(=O)N1[C@@H]2CC[C@H]1[C@@H]1COc3nc(Cl)c(F)c4nc(OC[C@@]56CCCN5C[C@H](F)C6)nc(c34)N1C2. The third-order valence-electron chi connectivity index (χ3n) is 8.97. The van der Waals surface area contributed by atoms with Crippen molar-refractivity contribution in [3.8, 4) is 11.9 Å². The number of hydrogen-bond donors (Lipinski definition) is 0. The molecule has 1 amide bonds. The lowest BCUT2D eigenvalue weighted by Crippen LogP contribution is -2.63. The second kappa shape index (κ2) is 9.14. The fourth-order valence-corrected chi connectivity index (χ4v) is 7.51. The summed E-state index contributed by atoms with van der Waals surface area (Å²) in [4.78, 5) is 32.6. The molecule has 4 fully saturated rings. The number of carbonyl (C=O) groups is 1. The molecule has 0 unspecified atom stereocenters. The second-order valence-corrected chi connectivity index (χ2v) is 13.0. The van der Waals surface area contributed by atoms with Crippen LogP contribution in [0.4, 0.5) is 19.4 Å². The van der Waals surface area contributed by atoms with Crippen molar-refractivity contribution in [1.29, 1.82) is 0 Å². The lowest BCUT2D eigenvalue weighted by molar-refractivity contribution is 0.00538. The minimum atomic E-state index is -0.898. The highest BCUT2D eigenvalue weighted by Gasteiger charge is 2.52. The van der Waals surface area contributed by atoms with Gasteiger partial charge in [-0.25, -0.2) is 13.6 Å². The fourth-order valence-electron chi connectivity index (χ4n) is 7.35. The molecule has 4 saturated heterocycles. The quantitative estimate of drug-likeness (QED) is 0.499. The van der Waals surface area contributed by atoms with Crippen LogP contribution in [0.1, 0.15) is 52.9 Å². The molecule has 0 aromatic carbocycles. The molecule has 0 radical (unpaired) electrons. The van der Waals surface area contributed by atoms with Crippen LogP contribution < -0.4 is 14.4 Å². The van der Waals surface area contributed by atoms with E-state index in [-0.39, 0.29) is 60.0 Å². The normalized spacial score (nSPS) is 31.1. The van der Waals surface area contributed by atoms with E-state index in [2.05, 4.69) is 19.8 Å². The third-order valence-corrected chi connectivity index (χ3v) is 9.22. The number of rotatable bonds is 3. The number of carbonyl (C=O) groups excluding carboxylic acids is 1. The van der Waals surface area contributed by atoms with Crippen molar-refractivity contribution >= 4 is 34.4 Å². The van der Waals surface area contributed by atoms with Gasteiger partial charge in [0, 0.05) is 19.5 Å². The van der Waals surface area contributed by atoms with Gasteiger partial charge in [0.1, 0.15) is 41.7 Å². The molecule has 0 aliphatic carbocycles. The number of pyridine rings is 1. The predicted molar refractivity (Wildman–Crippen MR) is 142 cm³/mol. The molecule has 2 bridgehead atoms. The summed E-state index contributed by atoms with van der Waals surface area (Å²) in [6.45, 7) is 7.64. The number of amides is 1. The molecule has 13 heteroatoms. The van der Waals surface area contributed by atoms with E-state index in [1.165, 1.54) is 0 Å². The number of aromatic nitrogens is 3. The van der Waals surface area contributed by atoms with Crippen molar-refractivity contribution in [2.24, 2.45) is 0 Å². The summed E-state index contributed by atoms with van der Waals surface area (Å²) in [5.41, 5.74) is -1.06. The van der Waals surface area contributed by atoms with Gasteiger partial charge < -0.3 is 19.1 Å². The highest BCUT2D eigenvalue weighted by molar-refractivity contribution is 6.30. The van der Waals surface area contributed by atoms with Gasteiger partial charge in [-0.1, -0.05) is 11.6 Å². The van der Waals surface area contributed by atoms with Gasteiger partial charge in [-0.15, -0.1) is 0 Å². The van der Waals surface area contributed by atoms with E-state index < -0.39 is 23.1 Å². The van der Waals surface area contributed by atoms with Gasteiger partial charge >= 0.3 is 12.1 Å². The smallest absolute Gasteiger partial charge is 0.410 e. The van der Waals surface area contributed by atoms with E-state index in [0.717, 1.165) is 32.2 Å². The molecule has 40 heavy (non-hydrogen) atoms. The zero-order valence-electron chi connectivity index (χ0n) is 22.8. The van der Waals surface area contributed by atoms with Gasteiger partial charge in [-0.05, 0) is 53.0 Å². The van der Waals surface area contributed by atoms with Crippen LogP contribution in [0.3, 0.4) is 0 Å². The van der Waals surface area contributed by atoms with Crippen molar-refractivity contribution in [3.63, 3.8) is 0 Å². The first-order valence-corrected chi connectivity index (χ1v) is 14.4. The van der Waals surface area contributed by atoms with Crippen LogP contribution in [0.2, 0.25) is 5.15 Å². The van der Waals surface area contributed by atoms with Gasteiger partial charge in [0.05, 0.1) is 23.7 Å². The summed E-state index contributed by atoms with van der Waals surface area (Å²) >= 11 is 6.17. The molecular weight excluding hydrogens is 546 g/mol. The van der Waals surface area contributed by atoms with Crippen LogP contribution >= 0.6 is 11.6 Å². The van der Waals surface area contributed by atoms with Gasteiger partial charge in [0.15, 0.2) is 11.0 Å². The third kappa shape index (κ3) is 4.12. The Morgan fingerprint density at radius 3 is 2.83 bits per heavy atom. The average Bonchev–Trinajstić information content (AvgIpc) is 3.48. The Labute approximate surface area is 235 Å². The highest BCUT2D eigenvalue weighted by Crippen LogP contribution is 2.45. The second-order valence-electron chi connectivity index (χ2n) is 12.7. The van der Waals surface area contributed by atoms with Crippen LogP contribution in [0.25, 0.3) is 10.9 Å². The Bertz CT molecular complexity index is 1380. The molecule has 5 atom stereocenters. The summed E-state index contributed by atoms with van der Waals surface area (Å²) in [5.74, 6) is -0.192. The number of alkyl halides is 1. The summed E-state index contributed by atoms with van der Waals surface area (Å²) in [5, 5.41) is -0.0290. The van der Waals surface area contributed by atoms with Crippen LogP contribution in [-0.4, -0.2) is 99.1 Å². The van der Waals surface area contributed by atoms with Crippen molar-refractivity contribution in [3.05, 3.63) is 11.0 Å². The van der Waals surface area contributed by atoms with Crippen molar-refractivity contribution < 1.29 is 27.8 Å². The maximum absolute atomic E-state index is 15.4. The molecule has 0 saturated carbocycles. The van der Waals surface area contributed by atoms with Gasteiger partial charge in [-0.2, -0.15) is 15.0 Å². The molecule has 2 aromatic rings. The number of piperazine rings is 1. The molecule has 0 spiro atoms. The van der Waals surface area contributed by atoms with Gasteiger partial charge in [0.2, 0.25) is 5.88 Å².